The fraction of sp³-hybridized carbons (Fsp3) is 0.692. The van der Waals surface area contributed by atoms with Gasteiger partial charge in [-0.15, -0.1) is 0 Å². The van der Waals surface area contributed by atoms with Crippen molar-refractivity contribution in [2.75, 3.05) is 13.1 Å². The van der Waals surface area contributed by atoms with Gasteiger partial charge in [0.25, 0.3) is 0 Å². The van der Waals surface area contributed by atoms with Crippen molar-refractivity contribution in [3.63, 3.8) is 0 Å². The Bertz CT molecular complexity index is 416. The number of carbonyl (C=O) groups excluding carboxylic acids is 1. The molecule has 18 heavy (non-hydrogen) atoms. The Hall–Kier alpha value is -1.36. The summed E-state index contributed by atoms with van der Waals surface area (Å²) in [4.78, 5) is 14.2. The molecule has 0 saturated carbocycles. The number of hydrogen-bond donors (Lipinski definition) is 1. The molecular formula is C13H21N3O2. The Morgan fingerprint density at radius 1 is 1.67 bits per heavy atom. The van der Waals surface area contributed by atoms with Crippen LogP contribution in [0.2, 0.25) is 0 Å². The molecule has 1 aliphatic heterocycles. The van der Waals surface area contributed by atoms with Crippen LogP contribution in [-0.4, -0.2) is 35.1 Å². The highest BCUT2D eigenvalue weighted by Gasteiger charge is 2.30. The van der Waals surface area contributed by atoms with Crippen LogP contribution in [0.5, 0.6) is 0 Å². The van der Waals surface area contributed by atoms with E-state index in [1.54, 1.807) is 0 Å². The Kier molecular flexibility index (Phi) is 4.01. The predicted molar refractivity (Wildman–Crippen MR) is 67.9 cm³/mol. The summed E-state index contributed by atoms with van der Waals surface area (Å²) in [6.07, 6.45) is 2.51. The minimum Gasteiger partial charge on any atom is -0.361 e. The van der Waals surface area contributed by atoms with Crippen LogP contribution in [0.1, 0.15) is 31.2 Å². The molecule has 1 fully saturated rings. The van der Waals surface area contributed by atoms with Gasteiger partial charge in [-0.2, -0.15) is 0 Å². The third kappa shape index (κ3) is 2.72. The first-order valence-electron chi connectivity index (χ1n) is 6.53. The molecule has 2 N–H and O–H groups in total. The van der Waals surface area contributed by atoms with Gasteiger partial charge >= 0.3 is 0 Å². The lowest BCUT2D eigenvalue weighted by Crippen LogP contribution is -2.51. The van der Waals surface area contributed by atoms with E-state index in [1.165, 1.54) is 0 Å². The van der Waals surface area contributed by atoms with Crippen molar-refractivity contribution in [3.05, 3.63) is 17.5 Å². The lowest BCUT2D eigenvalue weighted by atomic mass is 9.90. The van der Waals surface area contributed by atoms with E-state index in [9.17, 15) is 4.79 Å². The van der Waals surface area contributed by atoms with Crippen LogP contribution in [0, 0.1) is 12.8 Å². The minimum absolute atomic E-state index is 0.102. The highest BCUT2D eigenvalue weighted by Crippen LogP contribution is 2.23. The van der Waals surface area contributed by atoms with Gasteiger partial charge < -0.3 is 15.2 Å². The van der Waals surface area contributed by atoms with Gasteiger partial charge in [0.05, 0.1) is 12.1 Å². The summed E-state index contributed by atoms with van der Waals surface area (Å²) in [7, 11) is 0. The van der Waals surface area contributed by atoms with Gasteiger partial charge in [-0.25, -0.2) is 0 Å². The molecule has 1 aromatic heterocycles. The molecule has 0 bridgehead atoms. The summed E-state index contributed by atoms with van der Waals surface area (Å²) in [5.41, 5.74) is 6.49. The molecule has 1 aromatic rings. The minimum atomic E-state index is 0.102. The number of hydrogen-bond acceptors (Lipinski definition) is 4. The highest BCUT2D eigenvalue weighted by atomic mass is 16.5. The van der Waals surface area contributed by atoms with Crippen LogP contribution in [0.4, 0.5) is 0 Å². The lowest BCUT2D eigenvalue weighted by molar-refractivity contribution is -0.135. The fourth-order valence-corrected chi connectivity index (χ4v) is 2.68. The number of nitrogens with zero attached hydrogens (tertiary/aromatic N) is 2. The average Bonchev–Trinajstić information content (AvgIpc) is 2.74. The van der Waals surface area contributed by atoms with Crippen LogP contribution in [0.25, 0.3) is 0 Å². The van der Waals surface area contributed by atoms with Crippen molar-refractivity contribution in [1.82, 2.24) is 10.1 Å². The van der Waals surface area contributed by atoms with E-state index in [0.717, 1.165) is 25.1 Å². The zero-order valence-corrected chi connectivity index (χ0v) is 11.1. The number of aromatic nitrogens is 1. The van der Waals surface area contributed by atoms with E-state index in [0.29, 0.717) is 24.6 Å². The first kappa shape index (κ1) is 13.1. The monoisotopic (exact) mass is 251 g/mol. The number of likely N-dealkylation sites (tertiary alicyclic amines) is 1. The zero-order valence-electron chi connectivity index (χ0n) is 11.1. The average molecular weight is 251 g/mol. The first-order chi connectivity index (χ1) is 8.61. The summed E-state index contributed by atoms with van der Waals surface area (Å²) in [5, 5.41) is 3.87. The maximum Gasteiger partial charge on any atom is 0.229 e. The van der Waals surface area contributed by atoms with E-state index in [4.69, 9.17) is 10.3 Å². The number of nitrogens with two attached hydrogens (primary N) is 1. The molecule has 2 rings (SSSR count). The standard InChI is InChI=1S/C13H21N3O2/c1-9-4-3-5-16(12(9)8-14)13(17)7-11-6-10(2)18-15-11/h6,9,12H,3-5,7-8,14H2,1-2H3/t9-,12-/m0/s1. The molecule has 5 heteroatoms. The quantitative estimate of drug-likeness (QED) is 0.873. The summed E-state index contributed by atoms with van der Waals surface area (Å²) >= 11 is 0. The summed E-state index contributed by atoms with van der Waals surface area (Å²) in [5.74, 6) is 1.32. The van der Waals surface area contributed by atoms with Crippen LogP contribution in [0.3, 0.4) is 0 Å². The van der Waals surface area contributed by atoms with E-state index in [2.05, 4.69) is 12.1 Å². The van der Waals surface area contributed by atoms with E-state index in [1.807, 2.05) is 17.9 Å². The maximum absolute atomic E-state index is 12.3. The second-order valence-electron chi connectivity index (χ2n) is 5.12. The molecule has 0 unspecified atom stereocenters. The molecule has 2 atom stereocenters. The number of rotatable bonds is 3. The second-order valence-corrected chi connectivity index (χ2v) is 5.12. The van der Waals surface area contributed by atoms with Crippen molar-refractivity contribution >= 4 is 5.91 Å². The van der Waals surface area contributed by atoms with Crippen molar-refractivity contribution in [2.24, 2.45) is 11.7 Å². The highest BCUT2D eigenvalue weighted by molar-refractivity contribution is 5.78. The molecule has 1 saturated heterocycles. The molecule has 0 aromatic carbocycles. The maximum atomic E-state index is 12.3. The summed E-state index contributed by atoms with van der Waals surface area (Å²) in [6.45, 7) is 5.33. The molecule has 1 amide bonds. The fourth-order valence-electron chi connectivity index (χ4n) is 2.68. The molecule has 5 nitrogen and oxygen atoms in total. The normalized spacial score (nSPS) is 24.3. The SMILES string of the molecule is Cc1cc(CC(=O)N2CCC[C@H](C)[C@@H]2CN)no1. The number of piperidine rings is 1. The molecule has 0 radical (unpaired) electrons. The molecular weight excluding hydrogens is 230 g/mol. The number of aryl methyl sites for hydroxylation is 1. The van der Waals surface area contributed by atoms with Crippen LogP contribution >= 0.6 is 0 Å². The van der Waals surface area contributed by atoms with Crippen LogP contribution < -0.4 is 5.73 Å². The topological polar surface area (TPSA) is 72.4 Å². The van der Waals surface area contributed by atoms with Gasteiger partial charge in [0.2, 0.25) is 5.91 Å². The van der Waals surface area contributed by atoms with Crippen molar-refractivity contribution in [1.29, 1.82) is 0 Å². The lowest BCUT2D eigenvalue weighted by Gasteiger charge is -2.39. The third-order valence-corrected chi connectivity index (χ3v) is 3.69. The first-order valence-corrected chi connectivity index (χ1v) is 6.53. The summed E-state index contributed by atoms with van der Waals surface area (Å²) < 4.78 is 4.98. The van der Waals surface area contributed by atoms with Crippen molar-refractivity contribution in [3.8, 4) is 0 Å². The van der Waals surface area contributed by atoms with Gasteiger partial charge in [0.1, 0.15) is 5.76 Å². The van der Waals surface area contributed by atoms with E-state index in [-0.39, 0.29) is 11.9 Å². The number of amides is 1. The summed E-state index contributed by atoms with van der Waals surface area (Å²) in [6, 6.07) is 1.97. The largest absolute Gasteiger partial charge is 0.361 e. The molecule has 0 spiro atoms. The van der Waals surface area contributed by atoms with Crippen molar-refractivity contribution in [2.45, 2.75) is 39.2 Å². The third-order valence-electron chi connectivity index (χ3n) is 3.69. The van der Waals surface area contributed by atoms with Crippen LogP contribution in [0.15, 0.2) is 10.6 Å². The molecule has 2 heterocycles. The Labute approximate surface area is 107 Å². The Morgan fingerprint density at radius 2 is 2.44 bits per heavy atom. The van der Waals surface area contributed by atoms with E-state index < -0.39 is 0 Å². The Morgan fingerprint density at radius 3 is 3.06 bits per heavy atom. The van der Waals surface area contributed by atoms with E-state index >= 15 is 0 Å². The smallest absolute Gasteiger partial charge is 0.229 e. The van der Waals surface area contributed by atoms with Gasteiger partial charge in [0.15, 0.2) is 0 Å². The van der Waals surface area contributed by atoms with Crippen LogP contribution in [-0.2, 0) is 11.2 Å². The molecule has 0 aliphatic carbocycles. The van der Waals surface area contributed by atoms with Gasteiger partial charge in [-0.1, -0.05) is 12.1 Å². The van der Waals surface area contributed by atoms with Gasteiger partial charge in [-0.05, 0) is 25.7 Å². The molecule has 1 aliphatic rings. The van der Waals surface area contributed by atoms with Crippen molar-refractivity contribution < 1.29 is 9.32 Å². The van der Waals surface area contributed by atoms with Gasteiger partial charge in [0, 0.05) is 25.2 Å². The number of carbonyl (C=O) groups is 1. The molecule has 100 valence electrons. The predicted octanol–water partition coefficient (Wildman–Crippen LogP) is 1.11. The van der Waals surface area contributed by atoms with Gasteiger partial charge in [-0.3, -0.25) is 4.79 Å². The second kappa shape index (κ2) is 5.52. The zero-order chi connectivity index (χ0) is 13.1. The Balaban J connectivity index is 2.03.